The molecule has 0 heterocycles. The van der Waals surface area contributed by atoms with Gasteiger partial charge in [-0.3, -0.25) is 4.90 Å². The van der Waals surface area contributed by atoms with E-state index in [9.17, 15) is 0 Å². The molecular weight excluding hydrogens is 160 g/mol. The zero-order valence-corrected chi connectivity index (χ0v) is 9.13. The van der Waals surface area contributed by atoms with Crippen molar-refractivity contribution in [2.45, 2.75) is 45.6 Å². The zero-order chi connectivity index (χ0) is 9.68. The van der Waals surface area contributed by atoms with Crippen molar-refractivity contribution in [3.63, 3.8) is 0 Å². The van der Waals surface area contributed by atoms with Crippen LogP contribution in [0.25, 0.3) is 0 Å². The lowest BCUT2D eigenvalue weighted by atomic mass is 9.96. The summed E-state index contributed by atoms with van der Waals surface area (Å²) in [5.41, 5.74) is 5.86. The summed E-state index contributed by atoms with van der Waals surface area (Å²) in [6.45, 7) is 7.61. The molecular formula is C11H24N2. The van der Waals surface area contributed by atoms with Gasteiger partial charge in [-0.15, -0.1) is 0 Å². The molecule has 1 unspecified atom stereocenters. The van der Waals surface area contributed by atoms with Gasteiger partial charge in [-0.05, 0) is 31.8 Å². The van der Waals surface area contributed by atoms with Crippen LogP contribution >= 0.6 is 0 Å². The number of rotatable bonds is 5. The van der Waals surface area contributed by atoms with Gasteiger partial charge in [0.05, 0.1) is 0 Å². The maximum Gasteiger partial charge on any atom is 0.0246 e. The highest BCUT2D eigenvalue weighted by atomic mass is 15.2. The van der Waals surface area contributed by atoms with Crippen LogP contribution in [0.2, 0.25) is 0 Å². The van der Waals surface area contributed by atoms with Crippen LogP contribution in [0.4, 0.5) is 0 Å². The van der Waals surface area contributed by atoms with E-state index in [2.05, 4.69) is 18.7 Å². The highest BCUT2D eigenvalue weighted by Crippen LogP contribution is 2.29. The second-order valence-corrected chi connectivity index (χ2v) is 4.07. The zero-order valence-electron chi connectivity index (χ0n) is 9.13. The Bertz CT molecular complexity index is 124. The highest BCUT2D eigenvalue weighted by Gasteiger charge is 2.26. The maximum atomic E-state index is 5.86. The van der Waals surface area contributed by atoms with Crippen molar-refractivity contribution in [1.82, 2.24) is 4.90 Å². The Labute approximate surface area is 82.5 Å². The van der Waals surface area contributed by atoms with E-state index in [4.69, 9.17) is 5.73 Å². The lowest BCUT2D eigenvalue weighted by Gasteiger charge is -2.33. The lowest BCUT2D eigenvalue weighted by Crippen LogP contribution is -2.44. The molecule has 0 amide bonds. The lowest BCUT2D eigenvalue weighted by molar-refractivity contribution is 0.162. The first-order valence-corrected chi connectivity index (χ1v) is 5.77. The Hall–Kier alpha value is -0.0800. The van der Waals surface area contributed by atoms with Gasteiger partial charge in [-0.25, -0.2) is 0 Å². The molecule has 0 spiro atoms. The number of nitrogens with two attached hydrogens (primary N) is 1. The fraction of sp³-hybridized carbons (Fsp3) is 1.00. The first-order valence-electron chi connectivity index (χ1n) is 5.77. The minimum absolute atomic E-state index is 0.650. The summed E-state index contributed by atoms with van der Waals surface area (Å²) < 4.78 is 0. The summed E-state index contributed by atoms with van der Waals surface area (Å²) in [7, 11) is 0. The first-order chi connectivity index (χ1) is 6.33. The Morgan fingerprint density at radius 1 is 1.23 bits per heavy atom. The molecule has 1 aliphatic carbocycles. The molecule has 0 aliphatic heterocycles. The summed E-state index contributed by atoms with van der Waals surface area (Å²) in [5, 5.41) is 0. The van der Waals surface area contributed by atoms with Crippen LogP contribution in [0.5, 0.6) is 0 Å². The van der Waals surface area contributed by atoms with Gasteiger partial charge in [0, 0.05) is 12.6 Å². The molecule has 1 atom stereocenters. The van der Waals surface area contributed by atoms with Gasteiger partial charge in [-0.2, -0.15) is 0 Å². The van der Waals surface area contributed by atoms with Crippen LogP contribution in [-0.2, 0) is 0 Å². The molecule has 1 rings (SSSR count). The van der Waals surface area contributed by atoms with E-state index in [1.165, 1.54) is 25.7 Å². The topological polar surface area (TPSA) is 29.3 Å². The second-order valence-electron chi connectivity index (χ2n) is 4.07. The summed E-state index contributed by atoms with van der Waals surface area (Å²) in [6.07, 6.45) is 5.64. The van der Waals surface area contributed by atoms with Gasteiger partial charge in [0.25, 0.3) is 0 Å². The maximum absolute atomic E-state index is 5.86. The van der Waals surface area contributed by atoms with Crippen LogP contribution in [-0.4, -0.2) is 30.6 Å². The van der Waals surface area contributed by atoms with Crippen molar-refractivity contribution in [3.05, 3.63) is 0 Å². The highest BCUT2D eigenvalue weighted by molar-refractivity contribution is 4.82. The standard InChI is InChI=1S/C11H24N2/c1-3-13(4-2)11(9-12)10-7-5-6-8-10/h10-11H,3-9,12H2,1-2H3. The van der Waals surface area contributed by atoms with Crippen molar-refractivity contribution < 1.29 is 0 Å². The third-order valence-electron chi connectivity index (χ3n) is 3.47. The number of likely N-dealkylation sites (N-methyl/N-ethyl adjacent to an activating group) is 1. The van der Waals surface area contributed by atoms with E-state index in [-0.39, 0.29) is 0 Å². The second kappa shape index (κ2) is 5.61. The van der Waals surface area contributed by atoms with E-state index in [1.54, 1.807) is 0 Å². The molecule has 13 heavy (non-hydrogen) atoms. The molecule has 0 aromatic heterocycles. The van der Waals surface area contributed by atoms with Crippen LogP contribution < -0.4 is 5.73 Å². The van der Waals surface area contributed by atoms with Gasteiger partial charge in [-0.1, -0.05) is 26.7 Å². The number of nitrogens with zero attached hydrogens (tertiary/aromatic N) is 1. The average molecular weight is 184 g/mol. The molecule has 0 bridgehead atoms. The van der Waals surface area contributed by atoms with Crippen molar-refractivity contribution in [2.75, 3.05) is 19.6 Å². The van der Waals surface area contributed by atoms with E-state index in [0.717, 1.165) is 25.6 Å². The van der Waals surface area contributed by atoms with Crippen molar-refractivity contribution in [2.24, 2.45) is 11.7 Å². The van der Waals surface area contributed by atoms with Crippen molar-refractivity contribution in [1.29, 1.82) is 0 Å². The molecule has 2 N–H and O–H groups in total. The van der Waals surface area contributed by atoms with E-state index < -0.39 is 0 Å². The first kappa shape index (κ1) is 11.0. The van der Waals surface area contributed by atoms with Crippen LogP contribution in [0.1, 0.15) is 39.5 Å². The number of hydrogen-bond acceptors (Lipinski definition) is 2. The minimum atomic E-state index is 0.650. The van der Waals surface area contributed by atoms with E-state index in [0.29, 0.717) is 6.04 Å². The van der Waals surface area contributed by atoms with E-state index in [1.807, 2.05) is 0 Å². The Balaban J connectivity index is 2.48. The van der Waals surface area contributed by atoms with Crippen molar-refractivity contribution >= 4 is 0 Å². The van der Waals surface area contributed by atoms with Gasteiger partial charge in [0.1, 0.15) is 0 Å². The molecule has 0 radical (unpaired) electrons. The molecule has 2 heteroatoms. The fourth-order valence-corrected chi connectivity index (χ4v) is 2.67. The van der Waals surface area contributed by atoms with Crippen LogP contribution in [0.3, 0.4) is 0 Å². The minimum Gasteiger partial charge on any atom is -0.329 e. The normalized spacial score (nSPS) is 21.2. The Morgan fingerprint density at radius 3 is 2.15 bits per heavy atom. The Kier molecular flexibility index (Phi) is 4.74. The van der Waals surface area contributed by atoms with Gasteiger partial charge < -0.3 is 5.73 Å². The largest absolute Gasteiger partial charge is 0.329 e. The summed E-state index contributed by atoms with van der Waals surface area (Å²) in [4.78, 5) is 2.52. The fourth-order valence-electron chi connectivity index (χ4n) is 2.67. The molecule has 1 saturated carbocycles. The SMILES string of the molecule is CCN(CC)C(CN)C1CCCC1. The van der Waals surface area contributed by atoms with Crippen molar-refractivity contribution in [3.8, 4) is 0 Å². The van der Waals surface area contributed by atoms with Crippen LogP contribution in [0.15, 0.2) is 0 Å². The predicted molar refractivity (Wildman–Crippen MR) is 57.7 cm³/mol. The predicted octanol–water partition coefficient (Wildman–Crippen LogP) is 1.85. The molecule has 1 aliphatic rings. The Morgan fingerprint density at radius 2 is 1.77 bits per heavy atom. The molecule has 0 aromatic carbocycles. The van der Waals surface area contributed by atoms with Gasteiger partial charge in [0.2, 0.25) is 0 Å². The third kappa shape index (κ3) is 2.68. The molecule has 2 nitrogen and oxygen atoms in total. The van der Waals surface area contributed by atoms with Crippen LogP contribution in [0, 0.1) is 5.92 Å². The summed E-state index contributed by atoms with van der Waals surface area (Å²) in [5.74, 6) is 0.880. The average Bonchev–Trinajstić information content (AvgIpc) is 2.66. The third-order valence-corrected chi connectivity index (χ3v) is 3.47. The smallest absolute Gasteiger partial charge is 0.0246 e. The number of hydrogen-bond donors (Lipinski definition) is 1. The molecule has 0 aromatic rings. The van der Waals surface area contributed by atoms with Gasteiger partial charge in [0.15, 0.2) is 0 Å². The molecule has 78 valence electrons. The van der Waals surface area contributed by atoms with Gasteiger partial charge >= 0.3 is 0 Å². The molecule has 1 fully saturated rings. The molecule has 0 saturated heterocycles. The quantitative estimate of drug-likeness (QED) is 0.706. The van der Waals surface area contributed by atoms with E-state index >= 15 is 0 Å². The monoisotopic (exact) mass is 184 g/mol. The summed E-state index contributed by atoms with van der Waals surface area (Å²) in [6, 6.07) is 0.650. The summed E-state index contributed by atoms with van der Waals surface area (Å²) >= 11 is 0.